The van der Waals surface area contributed by atoms with Gasteiger partial charge in [0.2, 0.25) is 11.8 Å². The van der Waals surface area contributed by atoms with Crippen LogP contribution in [-0.4, -0.2) is 49.4 Å². The van der Waals surface area contributed by atoms with E-state index in [2.05, 4.69) is 16.6 Å². The molecule has 17 heavy (non-hydrogen) atoms. The molecule has 1 heterocycles. The summed E-state index contributed by atoms with van der Waals surface area (Å²) >= 11 is 0. The summed E-state index contributed by atoms with van der Waals surface area (Å²) in [6.07, 6.45) is 7.76. The first-order valence-corrected chi connectivity index (χ1v) is 5.86. The molecule has 1 rings (SSSR count). The van der Waals surface area contributed by atoms with Gasteiger partial charge >= 0.3 is 0 Å². The maximum absolute atomic E-state index is 11.9. The minimum Gasteiger partial charge on any atom is -0.357 e. The summed E-state index contributed by atoms with van der Waals surface area (Å²) in [4.78, 5) is 25.2. The van der Waals surface area contributed by atoms with Gasteiger partial charge < -0.3 is 10.2 Å². The highest BCUT2D eigenvalue weighted by atomic mass is 16.2. The molecule has 0 bridgehead atoms. The van der Waals surface area contributed by atoms with E-state index in [1.807, 2.05) is 0 Å². The predicted octanol–water partition coefficient (Wildman–Crippen LogP) is -0.664. The first kappa shape index (κ1) is 13.5. The Morgan fingerprint density at radius 2 is 2.24 bits per heavy atom. The first-order chi connectivity index (χ1) is 8.20. The third-order valence-corrected chi connectivity index (χ3v) is 2.88. The third kappa shape index (κ3) is 3.75. The van der Waals surface area contributed by atoms with E-state index in [1.165, 1.54) is 0 Å². The van der Waals surface area contributed by atoms with Gasteiger partial charge in [-0.25, -0.2) is 0 Å². The average Bonchev–Trinajstić information content (AvgIpc) is 2.38. The van der Waals surface area contributed by atoms with Gasteiger partial charge in [0.05, 0.1) is 13.1 Å². The molecule has 0 saturated carbocycles. The Hall–Kier alpha value is -1.54. The van der Waals surface area contributed by atoms with Crippen molar-refractivity contribution in [2.24, 2.45) is 0 Å². The Morgan fingerprint density at radius 3 is 2.88 bits per heavy atom. The van der Waals surface area contributed by atoms with Gasteiger partial charge in [0, 0.05) is 13.6 Å². The minimum atomic E-state index is -0.325. The van der Waals surface area contributed by atoms with Gasteiger partial charge in [0.15, 0.2) is 0 Å². The van der Waals surface area contributed by atoms with Crippen LogP contribution < -0.4 is 10.6 Å². The molecule has 1 fully saturated rings. The maximum Gasteiger partial charge on any atom is 0.242 e. The van der Waals surface area contributed by atoms with Crippen LogP contribution in [0.1, 0.15) is 19.3 Å². The Morgan fingerprint density at radius 1 is 1.47 bits per heavy atom. The molecule has 0 aromatic rings. The Labute approximate surface area is 102 Å². The number of amides is 2. The number of terminal acetylenes is 1. The lowest BCUT2D eigenvalue weighted by Crippen LogP contribution is -2.53. The molecule has 1 aliphatic heterocycles. The highest BCUT2D eigenvalue weighted by molar-refractivity contribution is 5.88. The molecule has 5 nitrogen and oxygen atoms in total. The highest BCUT2D eigenvalue weighted by Crippen LogP contribution is 2.17. The second kappa shape index (κ2) is 6.92. The zero-order valence-corrected chi connectivity index (χ0v) is 10.2. The molecule has 1 atom stereocenters. The molecular formula is C12H19N3O2. The summed E-state index contributed by atoms with van der Waals surface area (Å²) in [5, 5.41) is 5.45. The van der Waals surface area contributed by atoms with E-state index in [0.717, 1.165) is 19.3 Å². The zero-order valence-electron chi connectivity index (χ0n) is 10.2. The zero-order chi connectivity index (χ0) is 12.7. The molecule has 2 amide bonds. The number of likely N-dealkylation sites (tertiary alicyclic amines) is 1. The lowest BCUT2D eigenvalue weighted by atomic mass is 10.0. The summed E-state index contributed by atoms with van der Waals surface area (Å²) in [5.74, 6) is 2.26. The molecule has 1 unspecified atom stereocenters. The second-order valence-corrected chi connectivity index (χ2v) is 4.02. The van der Waals surface area contributed by atoms with Crippen molar-refractivity contribution in [2.75, 3.05) is 26.7 Å². The van der Waals surface area contributed by atoms with Crippen LogP contribution in [0, 0.1) is 12.3 Å². The smallest absolute Gasteiger partial charge is 0.242 e. The fraction of sp³-hybridized carbons (Fsp3) is 0.667. The van der Waals surface area contributed by atoms with Crippen molar-refractivity contribution in [3.8, 4) is 12.3 Å². The van der Waals surface area contributed by atoms with Gasteiger partial charge in [-0.2, -0.15) is 0 Å². The van der Waals surface area contributed by atoms with Crippen LogP contribution in [-0.2, 0) is 9.59 Å². The molecule has 5 heteroatoms. The number of nitrogens with one attached hydrogen (secondary N) is 2. The number of nitrogens with zero attached hydrogens (tertiary/aromatic N) is 1. The molecule has 2 N–H and O–H groups in total. The van der Waals surface area contributed by atoms with E-state index in [-0.39, 0.29) is 24.4 Å². The van der Waals surface area contributed by atoms with Crippen molar-refractivity contribution in [2.45, 2.75) is 25.3 Å². The number of piperidine rings is 1. The lowest BCUT2D eigenvalue weighted by Gasteiger charge is -2.34. The van der Waals surface area contributed by atoms with E-state index < -0.39 is 0 Å². The van der Waals surface area contributed by atoms with Gasteiger partial charge in [-0.3, -0.25) is 14.9 Å². The van der Waals surface area contributed by atoms with E-state index in [9.17, 15) is 9.59 Å². The molecular weight excluding hydrogens is 218 g/mol. The molecule has 0 aliphatic carbocycles. The number of carbonyl (C=O) groups excluding carboxylic acids is 2. The molecule has 0 aromatic heterocycles. The Balaban J connectivity index is 2.55. The summed E-state index contributed by atoms with van der Waals surface area (Å²) in [7, 11) is 1.59. The topological polar surface area (TPSA) is 61.4 Å². The number of rotatable bonds is 4. The summed E-state index contributed by atoms with van der Waals surface area (Å²) < 4.78 is 0. The van der Waals surface area contributed by atoms with Crippen molar-refractivity contribution < 1.29 is 9.59 Å². The fourth-order valence-electron chi connectivity index (χ4n) is 2.01. The molecule has 0 spiro atoms. The molecule has 1 aliphatic rings. The largest absolute Gasteiger partial charge is 0.357 e. The van der Waals surface area contributed by atoms with Crippen molar-refractivity contribution >= 4 is 11.8 Å². The van der Waals surface area contributed by atoms with Gasteiger partial charge in [-0.15, -0.1) is 6.42 Å². The first-order valence-electron chi connectivity index (χ1n) is 5.86. The van der Waals surface area contributed by atoms with Crippen LogP contribution in [0.3, 0.4) is 0 Å². The van der Waals surface area contributed by atoms with Crippen LogP contribution in [0.25, 0.3) is 0 Å². The van der Waals surface area contributed by atoms with Crippen LogP contribution in [0.5, 0.6) is 0 Å². The number of hydrogen-bond donors (Lipinski definition) is 2. The van der Waals surface area contributed by atoms with Gasteiger partial charge in [0.1, 0.15) is 6.04 Å². The van der Waals surface area contributed by atoms with E-state index in [1.54, 1.807) is 11.9 Å². The van der Waals surface area contributed by atoms with Crippen LogP contribution in [0.15, 0.2) is 0 Å². The molecule has 0 aromatic carbocycles. The normalized spacial score (nSPS) is 19.5. The average molecular weight is 237 g/mol. The Kier molecular flexibility index (Phi) is 5.50. The number of carbonyl (C=O) groups is 2. The SMILES string of the molecule is C#CCNCC(=O)N1CCCCC1C(=O)NC. The standard InChI is InChI=1S/C12H19N3O2/c1-3-7-14-9-11(16)15-8-5-4-6-10(15)12(17)13-2/h1,10,14H,4-9H2,2H3,(H,13,17). The van der Waals surface area contributed by atoms with Gasteiger partial charge in [-0.1, -0.05) is 5.92 Å². The fourth-order valence-corrected chi connectivity index (χ4v) is 2.01. The third-order valence-electron chi connectivity index (χ3n) is 2.88. The predicted molar refractivity (Wildman–Crippen MR) is 65.1 cm³/mol. The highest BCUT2D eigenvalue weighted by Gasteiger charge is 2.30. The molecule has 94 valence electrons. The second-order valence-electron chi connectivity index (χ2n) is 4.02. The molecule has 1 saturated heterocycles. The quantitative estimate of drug-likeness (QED) is 0.504. The van der Waals surface area contributed by atoms with Crippen LogP contribution >= 0.6 is 0 Å². The van der Waals surface area contributed by atoms with E-state index in [0.29, 0.717) is 13.1 Å². The number of hydrogen-bond acceptors (Lipinski definition) is 3. The summed E-state index contributed by atoms with van der Waals surface area (Å²) in [6.45, 7) is 1.20. The summed E-state index contributed by atoms with van der Waals surface area (Å²) in [5.41, 5.74) is 0. The van der Waals surface area contributed by atoms with E-state index in [4.69, 9.17) is 6.42 Å². The van der Waals surface area contributed by atoms with Crippen LogP contribution in [0.2, 0.25) is 0 Å². The van der Waals surface area contributed by atoms with E-state index >= 15 is 0 Å². The van der Waals surface area contributed by atoms with Crippen molar-refractivity contribution in [1.29, 1.82) is 0 Å². The maximum atomic E-state index is 11.9. The molecule has 0 radical (unpaired) electrons. The summed E-state index contributed by atoms with van der Waals surface area (Å²) in [6, 6.07) is -0.325. The monoisotopic (exact) mass is 237 g/mol. The van der Waals surface area contributed by atoms with Crippen molar-refractivity contribution in [3.63, 3.8) is 0 Å². The lowest BCUT2D eigenvalue weighted by molar-refractivity contribution is -0.141. The van der Waals surface area contributed by atoms with Gasteiger partial charge in [0.25, 0.3) is 0 Å². The minimum absolute atomic E-state index is 0.0615. The van der Waals surface area contributed by atoms with Crippen molar-refractivity contribution in [1.82, 2.24) is 15.5 Å². The number of likely N-dealkylation sites (N-methyl/N-ethyl adjacent to an activating group) is 1. The van der Waals surface area contributed by atoms with Gasteiger partial charge in [-0.05, 0) is 19.3 Å². The Bertz CT molecular complexity index is 322. The van der Waals surface area contributed by atoms with Crippen molar-refractivity contribution in [3.05, 3.63) is 0 Å². The van der Waals surface area contributed by atoms with Crippen LogP contribution in [0.4, 0.5) is 0 Å².